The van der Waals surface area contributed by atoms with Gasteiger partial charge in [0.25, 0.3) is 0 Å². The van der Waals surface area contributed by atoms with Crippen LogP contribution in [-0.4, -0.2) is 0 Å². The van der Waals surface area contributed by atoms with Gasteiger partial charge in [0.2, 0.25) is 0 Å². The molecule has 242 valence electrons. The lowest BCUT2D eigenvalue weighted by molar-refractivity contribution is 0.875. The number of rotatable bonds is 10. The first-order chi connectivity index (χ1) is 23.9. The van der Waals surface area contributed by atoms with Crippen LogP contribution in [0.15, 0.2) is 164 Å². The Balaban J connectivity index is 1.65. The Kier molecular flexibility index (Phi) is 8.80. The molecule has 7 rings (SSSR count). The monoisotopic (exact) mass is 636 g/mol. The highest BCUT2D eigenvalue weighted by atomic mass is 15.2. The van der Waals surface area contributed by atoms with E-state index in [0.29, 0.717) is 11.8 Å². The van der Waals surface area contributed by atoms with Crippen molar-refractivity contribution in [2.24, 2.45) is 0 Å². The topological polar surface area (TPSA) is 6.48 Å². The smallest absolute Gasteiger partial charge is 0.0543 e. The predicted molar refractivity (Wildman–Crippen MR) is 215 cm³/mol. The second-order valence-electron chi connectivity index (χ2n) is 13.3. The third-order valence-corrected chi connectivity index (χ3v) is 9.65. The minimum absolute atomic E-state index is 0.327. The van der Waals surface area contributed by atoms with Crippen LogP contribution >= 0.6 is 0 Å². The maximum atomic E-state index is 3.97. The Hall–Kier alpha value is -5.60. The first-order valence-corrected chi connectivity index (χ1v) is 17.4. The minimum Gasteiger partial charge on any atom is -0.310 e. The second kappa shape index (κ2) is 13.5. The number of nitrogens with zero attached hydrogens (tertiary/aromatic N) is 2. The van der Waals surface area contributed by atoms with Crippen LogP contribution in [0.5, 0.6) is 0 Å². The van der Waals surface area contributed by atoms with Crippen LogP contribution in [0.3, 0.4) is 0 Å². The van der Waals surface area contributed by atoms with E-state index >= 15 is 0 Å². The number of anilines is 5. The standard InChI is InChI=1S/C47H44N2/c1-7-9-19-34(8-2)48(35-20-13-10-14-21-35)44-30-42(32(3)4)38-27-29-41-45(31-43(33(5)6)39-26-28-40(44)46(38)47(39)41)49(36-22-15-11-16-23-36)37-24-17-12-18-25-37/h7-33H,1H2,2-6H3. The number of hydrogen-bond donors (Lipinski definition) is 0. The van der Waals surface area contributed by atoms with Crippen LogP contribution < -0.4 is 9.80 Å². The zero-order chi connectivity index (χ0) is 34.1. The Morgan fingerprint density at radius 1 is 0.551 bits per heavy atom. The molecular weight excluding hydrogens is 593 g/mol. The van der Waals surface area contributed by atoms with Crippen molar-refractivity contribution in [2.75, 3.05) is 9.80 Å². The van der Waals surface area contributed by atoms with Crippen molar-refractivity contribution in [3.8, 4) is 0 Å². The lowest BCUT2D eigenvalue weighted by Crippen LogP contribution is -2.16. The fraction of sp³-hybridized carbons (Fsp3) is 0.149. The predicted octanol–water partition coefficient (Wildman–Crippen LogP) is 14.1. The third kappa shape index (κ3) is 5.68. The van der Waals surface area contributed by atoms with Gasteiger partial charge in [-0.3, -0.25) is 0 Å². The van der Waals surface area contributed by atoms with E-state index in [9.17, 15) is 0 Å². The summed E-state index contributed by atoms with van der Waals surface area (Å²) in [7, 11) is 0. The number of para-hydroxylation sites is 3. The van der Waals surface area contributed by atoms with Crippen molar-refractivity contribution in [2.45, 2.75) is 46.5 Å². The molecule has 49 heavy (non-hydrogen) atoms. The molecule has 0 spiro atoms. The van der Waals surface area contributed by atoms with Gasteiger partial charge in [-0.15, -0.1) is 0 Å². The molecule has 0 bridgehead atoms. The highest BCUT2D eigenvalue weighted by molar-refractivity contribution is 6.29. The average molecular weight is 637 g/mol. The van der Waals surface area contributed by atoms with Gasteiger partial charge in [0, 0.05) is 33.5 Å². The quantitative estimate of drug-likeness (QED) is 0.109. The molecule has 0 heterocycles. The molecule has 7 aromatic rings. The van der Waals surface area contributed by atoms with Gasteiger partial charge >= 0.3 is 0 Å². The summed E-state index contributed by atoms with van der Waals surface area (Å²) in [5.41, 5.74) is 9.58. The van der Waals surface area contributed by atoms with E-state index in [0.717, 1.165) is 22.8 Å². The molecule has 0 radical (unpaired) electrons. The Bertz CT molecular complexity index is 2260. The number of hydrogen-bond acceptors (Lipinski definition) is 2. The van der Waals surface area contributed by atoms with Crippen LogP contribution in [0.25, 0.3) is 32.3 Å². The molecule has 0 aliphatic carbocycles. The molecule has 0 N–H and O–H groups in total. The number of allylic oxidation sites excluding steroid dienone is 4. The minimum atomic E-state index is 0.327. The summed E-state index contributed by atoms with van der Waals surface area (Å²) in [5, 5.41) is 7.79. The van der Waals surface area contributed by atoms with Gasteiger partial charge in [0.05, 0.1) is 11.4 Å². The first kappa shape index (κ1) is 32.0. The summed E-state index contributed by atoms with van der Waals surface area (Å²) in [4.78, 5) is 4.83. The molecule has 7 aromatic carbocycles. The van der Waals surface area contributed by atoms with Gasteiger partial charge < -0.3 is 9.80 Å². The molecule has 0 aliphatic rings. The van der Waals surface area contributed by atoms with Crippen molar-refractivity contribution in [3.05, 3.63) is 175 Å². The highest BCUT2D eigenvalue weighted by Crippen LogP contribution is 2.50. The molecule has 0 aliphatic heterocycles. The van der Waals surface area contributed by atoms with E-state index in [-0.39, 0.29) is 0 Å². The molecule has 0 fully saturated rings. The van der Waals surface area contributed by atoms with Crippen molar-refractivity contribution in [1.82, 2.24) is 0 Å². The maximum absolute atomic E-state index is 3.97. The molecule has 0 atom stereocenters. The van der Waals surface area contributed by atoms with Crippen molar-refractivity contribution >= 4 is 60.8 Å². The van der Waals surface area contributed by atoms with E-state index < -0.39 is 0 Å². The Labute approximate surface area is 291 Å². The van der Waals surface area contributed by atoms with Crippen LogP contribution in [0.1, 0.15) is 57.6 Å². The maximum Gasteiger partial charge on any atom is 0.0543 e. The van der Waals surface area contributed by atoms with E-state index in [1.54, 1.807) is 0 Å². The zero-order valence-corrected chi connectivity index (χ0v) is 29.2. The fourth-order valence-electron chi connectivity index (χ4n) is 7.39. The van der Waals surface area contributed by atoms with E-state index in [1.807, 2.05) is 12.2 Å². The summed E-state index contributed by atoms with van der Waals surface area (Å²) in [6, 6.07) is 46.6. The van der Waals surface area contributed by atoms with Crippen LogP contribution in [0.2, 0.25) is 0 Å². The zero-order valence-electron chi connectivity index (χ0n) is 29.2. The molecule has 2 heteroatoms. The molecule has 2 nitrogen and oxygen atoms in total. The number of benzene rings is 7. The van der Waals surface area contributed by atoms with Gasteiger partial charge in [-0.1, -0.05) is 131 Å². The van der Waals surface area contributed by atoms with Gasteiger partial charge in [-0.2, -0.15) is 0 Å². The largest absolute Gasteiger partial charge is 0.310 e. The molecule has 0 saturated heterocycles. The van der Waals surface area contributed by atoms with Gasteiger partial charge in [-0.05, 0) is 106 Å². The normalized spacial score (nSPS) is 12.3. The summed E-state index contributed by atoms with van der Waals surface area (Å²) >= 11 is 0. The summed E-state index contributed by atoms with van der Waals surface area (Å²) < 4.78 is 0. The molecular formula is C47H44N2. The highest BCUT2D eigenvalue weighted by Gasteiger charge is 2.25. The van der Waals surface area contributed by atoms with Gasteiger partial charge in [0.15, 0.2) is 0 Å². The SMILES string of the molecule is C=CC=CC(=CC)N(c1ccccc1)c1cc(C(C)C)c2ccc3c(N(c4ccccc4)c4ccccc4)cc(C(C)C)c4ccc1c2c43. The molecule has 0 saturated carbocycles. The first-order valence-electron chi connectivity index (χ1n) is 17.4. The Morgan fingerprint density at radius 2 is 0.980 bits per heavy atom. The van der Waals surface area contributed by atoms with E-state index in [4.69, 9.17) is 0 Å². The fourth-order valence-corrected chi connectivity index (χ4v) is 7.39. The summed E-state index contributed by atoms with van der Waals surface area (Å²) in [6.45, 7) is 15.3. The van der Waals surface area contributed by atoms with Crippen LogP contribution in [0.4, 0.5) is 28.4 Å². The Morgan fingerprint density at radius 3 is 1.43 bits per heavy atom. The summed E-state index contributed by atoms with van der Waals surface area (Å²) in [6.07, 6.45) is 8.20. The molecule has 0 unspecified atom stereocenters. The van der Waals surface area contributed by atoms with Gasteiger partial charge in [-0.25, -0.2) is 0 Å². The molecule has 0 amide bonds. The molecule has 0 aromatic heterocycles. The van der Waals surface area contributed by atoms with Crippen molar-refractivity contribution in [3.63, 3.8) is 0 Å². The van der Waals surface area contributed by atoms with Crippen LogP contribution in [-0.2, 0) is 0 Å². The average Bonchev–Trinajstić information content (AvgIpc) is 3.13. The lowest BCUT2D eigenvalue weighted by Gasteiger charge is -2.31. The second-order valence-corrected chi connectivity index (χ2v) is 13.3. The van der Waals surface area contributed by atoms with Crippen LogP contribution in [0, 0.1) is 0 Å². The van der Waals surface area contributed by atoms with E-state index in [1.165, 1.54) is 54.8 Å². The van der Waals surface area contributed by atoms with E-state index in [2.05, 4.69) is 191 Å². The van der Waals surface area contributed by atoms with Gasteiger partial charge in [0.1, 0.15) is 0 Å². The van der Waals surface area contributed by atoms with Crippen molar-refractivity contribution < 1.29 is 0 Å². The van der Waals surface area contributed by atoms with Crippen molar-refractivity contribution in [1.29, 1.82) is 0 Å². The third-order valence-electron chi connectivity index (χ3n) is 9.65. The lowest BCUT2D eigenvalue weighted by atomic mass is 9.84. The summed E-state index contributed by atoms with van der Waals surface area (Å²) in [5.74, 6) is 0.660.